The highest BCUT2D eigenvalue weighted by molar-refractivity contribution is 7.89. The van der Waals surface area contributed by atoms with E-state index in [4.69, 9.17) is 9.88 Å². The molecule has 7 heteroatoms. The molecule has 0 fully saturated rings. The van der Waals surface area contributed by atoms with Gasteiger partial charge in [0.15, 0.2) is 0 Å². The van der Waals surface area contributed by atoms with Crippen molar-refractivity contribution in [3.8, 4) is 5.75 Å². The highest BCUT2D eigenvalue weighted by Gasteiger charge is 2.16. The quantitative estimate of drug-likeness (QED) is 0.814. The minimum absolute atomic E-state index is 0.0814. The lowest BCUT2D eigenvalue weighted by atomic mass is 10.1. The molecule has 0 spiro atoms. The Kier molecular flexibility index (Phi) is 5.52. The molecule has 0 saturated heterocycles. The normalized spacial score (nSPS) is 11.2. The molecule has 0 radical (unpaired) electrons. The first-order valence-electron chi connectivity index (χ1n) is 6.29. The number of carbonyl (C=O) groups is 1. The third kappa shape index (κ3) is 4.50. The van der Waals surface area contributed by atoms with Gasteiger partial charge in [-0.15, -0.1) is 0 Å². The standard InChI is InChI=1S/C13H20N2O4S/c1-4-15-12(16)5-6-19-11-7-9(2)13(10(3)8-11)20(14,17)18/h7-8H,4-6H2,1-3H3,(H,15,16)(H2,14,17,18). The minimum atomic E-state index is -3.74. The third-order valence-electron chi connectivity index (χ3n) is 2.69. The van der Waals surface area contributed by atoms with Crippen molar-refractivity contribution in [1.29, 1.82) is 0 Å². The molecule has 0 aliphatic carbocycles. The summed E-state index contributed by atoms with van der Waals surface area (Å²) in [5.74, 6) is 0.443. The molecule has 1 aromatic carbocycles. The molecule has 1 amide bonds. The summed E-state index contributed by atoms with van der Waals surface area (Å²) in [6.45, 7) is 5.98. The fraction of sp³-hybridized carbons (Fsp3) is 0.462. The first kappa shape index (κ1) is 16.5. The fourth-order valence-electron chi connectivity index (χ4n) is 1.99. The first-order chi connectivity index (χ1) is 9.25. The number of amides is 1. The van der Waals surface area contributed by atoms with Gasteiger partial charge in [-0.2, -0.15) is 0 Å². The van der Waals surface area contributed by atoms with Gasteiger partial charge in [0.2, 0.25) is 15.9 Å². The van der Waals surface area contributed by atoms with E-state index in [1.54, 1.807) is 26.0 Å². The van der Waals surface area contributed by atoms with Gasteiger partial charge in [0.1, 0.15) is 5.75 Å². The molecule has 0 atom stereocenters. The number of hydrogen-bond donors (Lipinski definition) is 2. The van der Waals surface area contributed by atoms with Crippen LogP contribution in [0.15, 0.2) is 17.0 Å². The van der Waals surface area contributed by atoms with Crippen LogP contribution in [0.25, 0.3) is 0 Å². The molecule has 3 N–H and O–H groups in total. The number of nitrogens with two attached hydrogens (primary N) is 1. The van der Waals surface area contributed by atoms with Crippen LogP contribution < -0.4 is 15.2 Å². The van der Waals surface area contributed by atoms with Gasteiger partial charge in [-0.1, -0.05) is 0 Å². The number of carbonyl (C=O) groups excluding carboxylic acids is 1. The van der Waals surface area contributed by atoms with Crippen molar-refractivity contribution < 1.29 is 17.9 Å². The van der Waals surface area contributed by atoms with E-state index < -0.39 is 10.0 Å². The topological polar surface area (TPSA) is 98.5 Å². The van der Waals surface area contributed by atoms with Gasteiger partial charge in [0.25, 0.3) is 0 Å². The Morgan fingerprint density at radius 1 is 1.30 bits per heavy atom. The van der Waals surface area contributed by atoms with Gasteiger partial charge < -0.3 is 10.1 Å². The molecule has 20 heavy (non-hydrogen) atoms. The fourth-order valence-corrected chi connectivity index (χ4v) is 3.01. The molecule has 0 aliphatic rings. The number of primary sulfonamides is 1. The molecule has 0 unspecified atom stereocenters. The SMILES string of the molecule is CCNC(=O)CCOc1cc(C)c(S(N)(=O)=O)c(C)c1. The van der Waals surface area contributed by atoms with Crippen LogP contribution in [0.1, 0.15) is 24.5 Å². The van der Waals surface area contributed by atoms with Crippen LogP contribution in [0.4, 0.5) is 0 Å². The Balaban J connectivity index is 2.78. The summed E-state index contributed by atoms with van der Waals surface area (Å²) in [6.07, 6.45) is 0.253. The van der Waals surface area contributed by atoms with Crippen LogP contribution >= 0.6 is 0 Å². The van der Waals surface area contributed by atoms with Gasteiger partial charge >= 0.3 is 0 Å². The first-order valence-corrected chi connectivity index (χ1v) is 7.84. The van der Waals surface area contributed by atoms with Crippen LogP contribution in [-0.4, -0.2) is 27.5 Å². The van der Waals surface area contributed by atoms with Gasteiger partial charge in [-0.3, -0.25) is 4.79 Å². The van der Waals surface area contributed by atoms with Crippen molar-refractivity contribution >= 4 is 15.9 Å². The zero-order valence-corrected chi connectivity index (χ0v) is 12.7. The average molecular weight is 300 g/mol. The van der Waals surface area contributed by atoms with Crippen LogP contribution in [0, 0.1) is 13.8 Å². The van der Waals surface area contributed by atoms with E-state index in [1.165, 1.54) is 0 Å². The number of aryl methyl sites for hydroxylation is 2. The summed E-state index contributed by atoms with van der Waals surface area (Å²) >= 11 is 0. The molecule has 1 aromatic rings. The van der Waals surface area contributed by atoms with E-state index >= 15 is 0 Å². The molecule has 1 rings (SSSR count). The predicted octanol–water partition coefficient (Wildman–Crippen LogP) is 0.856. The zero-order chi connectivity index (χ0) is 15.3. The Bertz CT molecular complexity index is 573. The Labute approximate surface area is 119 Å². The molecule has 0 aliphatic heterocycles. The second-order valence-electron chi connectivity index (χ2n) is 4.48. The summed E-state index contributed by atoms with van der Waals surface area (Å²) in [6, 6.07) is 3.20. The molecule has 0 heterocycles. The summed E-state index contributed by atoms with van der Waals surface area (Å²) in [7, 11) is -3.74. The maximum Gasteiger partial charge on any atom is 0.238 e. The van der Waals surface area contributed by atoms with Gasteiger partial charge in [-0.25, -0.2) is 13.6 Å². The van der Waals surface area contributed by atoms with E-state index in [0.717, 1.165) is 0 Å². The van der Waals surface area contributed by atoms with E-state index in [1.807, 2.05) is 6.92 Å². The van der Waals surface area contributed by atoms with Crippen molar-refractivity contribution in [3.05, 3.63) is 23.3 Å². The van der Waals surface area contributed by atoms with Crippen LogP contribution in [-0.2, 0) is 14.8 Å². The van der Waals surface area contributed by atoms with E-state index in [9.17, 15) is 13.2 Å². The van der Waals surface area contributed by atoms with E-state index in [2.05, 4.69) is 5.32 Å². The number of nitrogens with one attached hydrogen (secondary N) is 1. The molecule has 6 nitrogen and oxygen atoms in total. The van der Waals surface area contributed by atoms with Crippen molar-refractivity contribution in [2.45, 2.75) is 32.1 Å². The Morgan fingerprint density at radius 2 is 1.85 bits per heavy atom. The van der Waals surface area contributed by atoms with Crippen molar-refractivity contribution in [2.24, 2.45) is 5.14 Å². The van der Waals surface area contributed by atoms with Crippen LogP contribution in [0.5, 0.6) is 5.75 Å². The lowest BCUT2D eigenvalue weighted by Gasteiger charge is -2.12. The molecule has 112 valence electrons. The second-order valence-corrected chi connectivity index (χ2v) is 5.98. The molecule has 0 saturated carbocycles. The van der Waals surface area contributed by atoms with Gasteiger partial charge in [-0.05, 0) is 44.0 Å². The monoisotopic (exact) mass is 300 g/mol. The maximum absolute atomic E-state index is 11.4. The minimum Gasteiger partial charge on any atom is -0.493 e. The number of hydrogen-bond acceptors (Lipinski definition) is 4. The third-order valence-corrected chi connectivity index (χ3v) is 3.90. The number of rotatable bonds is 6. The summed E-state index contributed by atoms with van der Waals surface area (Å²) in [4.78, 5) is 11.4. The predicted molar refractivity (Wildman–Crippen MR) is 76.1 cm³/mol. The number of ether oxygens (including phenoxy) is 1. The highest BCUT2D eigenvalue weighted by Crippen LogP contribution is 2.24. The average Bonchev–Trinajstić information content (AvgIpc) is 2.26. The molecule has 0 aromatic heterocycles. The number of benzene rings is 1. The van der Waals surface area contributed by atoms with Crippen LogP contribution in [0.2, 0.25) is 0 Å². The van der Waals surface area contributed by atoms with E-state index in [-0.39, 0.29) is 23.8 Å². The summed E-state index contributed by atoms with van der Waals surface area (Å²) in [5.41, 5.74) is 1.06. The zero-order valence-electron chi connectivity index (χ0n) is 11.9. The summed E-state index contributed by atoms with van der Waals surface area (Å²) in [5, 5.41) is 7.83. The molecular weight excluding hydrogens is 280 g/mol. The highest BCUT2D eigenvalue weighted by atomic mass is 32.2. The second kappa shape index (κ2) is 6.71. The summed E-state index contributed by atoms with van der Waals surface area (Å²) < 4.78 is 28.3. The smallest absolute Gasteiger partial charge is 0.238 e. The molecule has 0 bridgehead atoms. The number of sulfonamides is 1. The molecular formula is C13H20N2O4S. The van der Waals surface area contributed by atoms with Crippen molar-refractivity contribution in [1.82, 2.24) is 5.32 Å². The largest absolute Gasteiger partial charge is 0.493 e. The van der Waals surface area contributed by atoms with Gasteiger partial charge in [0.05, 0.1) is 17.9 Å². The maximum atomic E-state index is 11.4. The van der Waals surface area contributed by atoms with Gasteiger partial charge in [0, 0.05) is 6.54 Å². The lowest BCUT2D eigenvalue weighted by Crippen LogP contribution is -2.24. The Hall–Kier alpha value is -1.60. The van der Waals surface area contributed by atoms with Crippen molar-refractivity contribution in [3.63, 3.8) is 0 Å². The van der Waals surface area contributed by atoms with E-state index in [0.29, 0.717) is 23.4 Å². The van der Waals surface area contributed by atoms with Crippen molar-refractivity contribution in [2.75, 3.05) is 13.2 Å². The Morgan fingerprint density at radius 3 is 2.30 bits per heavy atom. The lowest BCUT2D eigenvalue weighted by molar-refractivity contribution is -0.121. The van der Waals surface area contributed by atoms with Crippen LogP contribution in [0.3, 0.4) is 0 Å².